The third-order valence-electron chi connectivity index (χ3n) is 3.69. The molecule has 21 heavy (non-hydrogen) atoms. The van der Waals surface area contributed by atoms with Crippen LogP contribution in [0.3, 0.4) is 0 Å². The highest BCUT2D eigenvalue weighted by Crippen LogP contribution is 2.36. The van der Waals surface area contributed by atoms with E-state index in [1.165, 1.54) is 0 Å². The van der Waals surface area contributed by atoms with Gasteiger partial charge in [0.05, 0.1) is 17.6 Å². The summed E-state index contributed by atoms with van der Waals surface area (Å²) in [5, 5.41) is 0. The van der Waals surface area contributed by atoms with Gasteiger partial charge in [0.15, 0.2) is 0 Å². The van der Waals surface area contributed by atoms with Gasteiger partial charge in [-0.15, -0.1) is 0 Å². The van der Waals surface area contributed by atoms with Gasteiger partial charge in [0.2, 0.25) is 9.84 Å². The fraction of sp³-hybridized carbons (Fsp3) is 0.176. The van der Waals surface area contributed by atoms with Crippen molar-refractivity contribution in [2.75, 3.05) is 0 Å². The van der Waals surface area contributed by atoms with E-state index >= 15 is 0 Å². The molecular formula is C17H16O3S. The Kier molecular flexibility index (Phi) is 3.66. The van der Waals surface area contributed by atoms with E-state index in [0.717, 1.165) is 11.1 Å². The monoisotopic (exact) mass is 300 g/mol. The summed E-state index contributed by atoms with van der Waals surface area (Å²) in [6.07, 6.45) is 0.0565. The van der Waals surface area contributed by atoms with E-state index in [2.05, 4.69) is 6.58 Å². The SMILES string of the molecule is C=C(CC1OCc2ccccc21)S(=O)(=O)c1ccccc1. The average Bonchev–Trinajstić information content (AvgIpc) is 2.91. The maximum absolute atomic E-state index is 12.5. The first kappa shape index (κ1) is 14.0. The molecule has 0 saturated heterocycles. The lowest BCUT2D eigenvalue weighted by Gasteiger charge is -2.13. The van der Waals surface area contributed by atoms with Crippen molar-refractivity contribution >= 4 is 9.84 Å². The van der Waals surface area contributed by atoms with Crippen molar-refractivity contribution in [1.29, 1.82) is 0 Å². The molecule has 1 atom stereocenters. The summed E-state index contributed by atoms with van der Waals surface area (Å²) < 4.78 is 30.7. The molecule has 2 aromatic carbocycles. The number of rotatable bonds is 4. The molecule has 1 heterocycles. The van der Waals surface area contributed by atoms with Crippen LogP contribution in [0, 0.1) is 0 Å². The van der Waals surface area contributed by atoms with E-state index in [9.17, 15) is 8.42 Å². The fourth-order valence-electron chi connectivity index (χ4n) is 2.51. The third-order valence-corrected chi connectivity index (χ3v) is 5.51. The van der Waals surface area contributed by atoms with Gasteiger partial charge in [0.25, 0.3) is 0 Å². The highest BCUT2D eigenvalue weighted by atomic mass is 32.2. The molecule has 0 aliphatic carbocycles. The van der Waals surface area contributed by atoms with Crippen LogP contribution in [0.25, 0.3) is 0 Å². The van der Waals surface area contributed by atoms with Gasteiger partial charge in [-0.05, 0) is 23.3 Å². The molecular weight excluding hydrogens is 284 g/mol. The summed E-state index contributed by atoms with van der Waals surface area (Å²) in [6, 6.07) is 16.3. The molecule has 4 heteroatoms. The van der Waals surface area contributed by atoms with Crippen LogP contribution in [0.15, 0.2) is 71.0 Å². The van der Waals surface area contributed by atoms with Gasteiger partial charge in [0, 0.05) is 11.3 Å². The molecule has 108 valence electrons. The number of hydrogen-bond acceptors (Lipinski definition) is 3. The molecule has 2 aromatic rings. The smallest absolute Gasteiger partial charge is 0.202 e. The van der Waals surface area contributed by atoms with Gasteiger partial charge >= 0.3 is 0 Å². The van der Waals surface area contributed by atoms with Crippen molar-refractivity contribution in [1.82, 2.24) is 0 Å². The van der Waals surface area contributed by atoms with Crippen LogP contribution >= 0.6 is 0 Å². The zero-order chi connectivity index (χ0) is 14.9. The first-order valence-electron chi connectivity index (χ1n) is 6.76. The van der Waals surface area contributed by atoms with E-state index in [1.54, 1.807) is 30.3 Å². The van der Waals surface area contributed by atoms with Gasteiger partial charge in [-0.2, -0.15) is 0 Å². The van der Waals surface area contributed by atoms with Crippen LogP contribution in [0.5, 0.6) is 0 Å². The van der Waals surface area contributed by atoms with Crippen molar-refractivity contribution in [3.8, 4) is 0 Å². The number of ether oxygens (including phenoxy) is 1. The molecule has 3 nitrogen and oxygen atoms in total. The Labute approximate surface area is 124 Å². The van der Waals surface area contributed by atoms with E-state index < -0.39 is 9.84 Å². The van der Waals surface area contributed by atoms with Crippen LogP contribution in [0.1, 0.15) is 23.7 Å². The molecule has 0 radical (unpaired) electrons. The summed E-state index contributed by atoms with van der Waals surface area (Å²) in [5.41, 5.74) is 2.18. The van der Waals surface area contributed by atoms with Gasteiger partial charge < -0.3 is 4.74 Å². The van der Waals surface area contributed by atoms with Crippen molar-refractivity contribution in [2.24, 2.45) is 0 Å². The molecule has 0 spiro atoms. The molecule has 0 amide bonds. The Morgan fingerprint density at radius 2 is 1.76 bits per heavy atom. The Balaban J connectivity index is 1.82. The molecule has 1 aliphatic heterocycles. The molecule has 3 rings (SSSR count). The number of fused-ring (bicyclic) bond motifs is 1. The Morgan fingerprint density at radius 3 is 2.52 bits per heavy atom. The fourth-order valence-corrected chi connectivity index (χ4v) is 3.73. The van der Waals surface area contributed by atoms with Crippen LogP contribution < -0.4 is 0 Å². The number of hydrogen-bond donors (Lipinski definition) is 0. The van der Waals surface area contributed by atoms with Gasteiger partial charge in [0.1, 0.15) is 0 Å². The van der Waals surface area contributed by atoms with Crippen LogP contribution in [-0.4, -0.2) is 8.42 Å². The average molecular weight is 300 g/mol. The van der Waals surface area contributed by atoms with Crippen molar-refractivity contribution in [2.45, 2.75) is 24.0 Å². The molecule has 0 saturated carbocycles. The van der Waals surface area contributed by atoms with Gasteiger partial charge in [-0.25, -0.2) is 8.42 Å². The largest absolute Gasteiger partial charge is 0.368 e. The minimum atomic E-state index is -3.50. The highest BCUT2D eigenvalue weighted by molar-refractivity contribution is 7.95. The molecule has 1 unspecified atom stereocenters. The maximum atomic E-state index is 12.5. The van der Waals surface area contributed by atoms with Crippen molar-refractivity contribution < 1.29 is 13.2 Å². The summed E-state index contributed by atoms with van der Waals surface area (Å²) in [5.74, 6) is 0. The third kappa shape index (κ3) is 2.64. The summed E-state index contributed by atoms with van der Waals surface area (Å²) in [4.78, 5) is 0.469. The van der Waals surface area contributed by atoms with Gasteiger partial charge in [-0.1, -0.05) is 49.0 Å². The van der Waals surface area contributed by atoms with Gasteiger partial charge in [-0.3, -0.25) is 0 Å². The quantitative estimate of drug-likeness (QED) is 0.866. The summed E-state index contributed by atoms with van der Waals surface area (Å²) in [7, 11) is -3.50. The first-order valence-corrected chi connectivity index (χ1v) is 8.24. The molecule has 0 bridgehead atoms. The lowest BCUT2D eigenvalue weighted by atomic mass is 10.0. The number of benzene rings is 2. The molecule has 1 aliphatic rings. The number of sulfone groups is 1. The zero-order valence-corrected chi connectivity index (χ0v) is 12.3. The predicted octanol–water partition coefficient (Wildman–Crippen LogP) is 3.64. The Morgan fingerprint density at radius 1 is 1.10 bits per heavy atom. The van der Waals surface area contributed by atoms with E-state index in [0.29, 0.717) is 6.61 Å². The summed E-state index contributed by atoms with van der Waals surface area (Å²) >= 11 is 0. The second kappa shape index (κ2) is 5.47. The minimum Gasteiger partial charge on any atom is -0.368 e. The lowest BCUT2D eigenvalue weighted by Crippen LogP contribution is -2.08. The van der Waals surface area contributed by atoms with Crippen LogP contribution in [0.2, 0.25) is 0 Å². The van der Waals surface area contributed by atoms with Crippen LogP contribution in [-0.2, 0) is 21.2 Å². The topological polar surface area (TPSA) is 43.4 Å². The van der Waals surface area contributed by atoms with Crippen molar-refractivity contribution in [3.63, 3.8) is 0 Å². The van der Waals surface area contributed by atoms with E-state index in [4.69, 9.17) is 4.74 Å². The predicted molar refractivity (Wildman–Crippen MR) is 81.4 cm³/mol. The highest BCUT2D eigenvalue weighted by Gasteiger charge is 2.27. The maximum Gasteiger partial charge on any atom is 0.202 e. The lowest BCUT2D eigenvalue weighted by molar-refractivity contribution is 0.0677. The Bertz CT molecular complexity index is 764. The van der Waals surface area contributed by atoms with Crippen molar-refractivity contribution in [3.05, 3.63) is 77.2 Å². The zero-order valence-electron chi connectivity index (χ0n) is 11.5. The Hall–Kier alpha value is -1.91. The molecule has 0 fully saturated rings. The first-order chi connectivity index (χ1) is 10.1. The molecule has 0 N–H and O–H groups in total. The molecule has 0 aromatic heterocycles. The standard InChI is InChI=1S/C17H16O3S/c1-13(21(18,19)15-8-3-2-4-9-15)11-17-16-10-6-5-7-14(16)12-20-17/h2-10,17H,1,11-12H2. The normalized spacial score (nSPS) is 17.4. The summed E-state index contributed by atoms with van der Waals surface area (Å²) in [6.45, 7) is 4.30. The second-order valence-corrected chi connectivity index (χ2v) is 7.11. The van der Waals surface area contributed by atoms with E-state index in [-0.39, 0.29) is 22.3 Å². The van der Waals surface area contributed by atoms with Crippen LogP contribution in [0.4, 0.5) is 0 Å². The second-order valence-electron chi connectivity index (χ2n) is 5.06. The minimum absolute atomic E-state index is 0.190. The van der Waals surface area contributed by atoms with E-state index in [1.807, 2.05) is 24.3 Å².